The van der Waals surface area contributed by atoms with Crippen LogP contribution in [0.4, 0.5) is 0 Å². The Kier molecular flexibility index (Phi) is 4.03. The average Bonchev–Trinajstić information content (AvgIpc) is 2.83. The van der Waals surface area contributed by atoms with Crippen LogP contribution in [0.5, 0.6) is 0 Å². The van der Waals surface area contributed by atoms with Crippen LogP contribution in [-0.4, -0.2) is 33.1 Å². The Balaban J connectivity index is 1.68. The summed E-state index contributed by atoms with van der Waals surface area (Å²) in [6.07, 6.45) is 13.1. The molecule has 4 aliphatic carbocycles. The maximum absolute atomic E-state index is 11.5. The van der Waals surface area contributed by atoms with Crippen LogP contribution in [0.3, 0.4) is 0 Å². The lowest BCUT2D eigenvalue weighted by atomic mass is 9.46. The number of aliphatic hydroxyl groups excluding tert-OH is 2. The van der Waals surface area contributed by atoms with Crippen molar-refractivity contribution >= 4 is 0 Å². The molecule has 0 amide bonds. The summed E-state index contributed by atoms with van der Waals surface area (Å²) in [5, 5.41) is 32.3. The van der Waals surface area contributed by atoms with Crippen molar-refractivity contribution in [1.82, 2.24) is 0 Å². The van der Waals surface area contributed by atoms with Crippen LogP contribution in [-0.2, 0) is 0 Å². The molecule has 134 valence electrons. The van der Waals surface area contributed by atoms with Crippen LogP contribution in [0.15, 0.2) is 0 Å². The minimum Gasteiger partial charge on any atom is -0.393 e. The number of hydrogen-bond donors (Lipinski definition) is 3. The lowest BCUT2D eigenvalue weighted by molar-refractivity contribution is -0.201. The van der Waals surface area contributed by atoms with Crippen molar-refractivity contribution < 1.29 is 15.3 Å². The van der Waals surface area contributed by atoms with E-state index in [0.29, 0.717) is 30.6 Å². The van der Waals surface area contributed by atoms with Gasteiger partial charge in [0.15, 0.2) is 0 Å². The van der Waals surface area contributed by atoms with E-state index in [1.54, 1.807) is 0 Å². The van der Waals surface area contributed by atoms with Gasteiger partial charge >= 0.3 is 0 Å². The van der Waals surface area contributed by atoms with Crippen LogP contribution >= 0.6 is 0 Å². The Hall–Kier alpha value is -0.560. The van der Waals surface area contributed by atoms with Crippen molar-refractivity contribution in [1.29, 1.82) is 0 Å². The molecular weight excluding hydrogens is 300 g/mol. The smallest absolute Gasteiger partial charge is 0.0740 e. The van der Waals surface area contributed by atoms with Crippen molar-refractivity contribution in [3.05, 3.63) is 0 Å². The molecule has 3 heteroatoms. The molecule has 3 N–H and O–H groups in total. The zero-order valence-corrected chi connectivity index (χ0v) is 14.8. The maximum Gasteiger partial charge on any atom is 0.0740 e. The van der Waals surface area contributed by atoms with Gasteiger partial charge in [-0.1, -0.05) is 6.92 Å². The molecule has 0 aromatic heterocycles. The van der Waals surface area contributed by atoms with E-state index in [4.69, 9.17) is 6.42 Å². The van der Waals surface area contributed by atoms with Crippen molar-refractivity contribution in [3.63, 3.8) is 0 Å². The Bertz CT molecular complexity index is 540. The first-order valence-electron chi connectivity index (χ1n) is 9.92. The topological polar surface area (TPSA) is 60.7 Å². The van der Waals surface area contributed by atoms with Gasteiger partial charge in [-0.05, 0) is 80.0 Å². The summed E-state index contributed by atoms with van der Waals surface area (Å²) < 4.78 is 0. The van der Waals surface area contributed by atoms with Gasteiger partial charge in [0, 0.05) is 12.8 Å². The third-order valence-electron chi connectivity index (χ3n) is 8.60. The molecule has 0 aromatic carbocycles. The van der Waals surface area contributed by atoms with Gasteiger partial charge in [-0.3, -0.25) is 0 Å². The lowest BCUT2D eigenvalue weighted by Crippen LogP contribution is -2.61. The number of rotatable bonds is 1. The fraction of sp³-hybridized carbons (Fsp3) is 0.905. The first-order valence-corrected chi connectivity index (χ1v) is 9.92. The Morgan fingerprint density at radius 3 is 2.54 bits per heavy atom. The Labute approximate surface area is 145 Å². The van der Waals surface area contributed by atoms with Crippen molar-refractivity contribution in [2.24, 2.45) is 35.0 Å². The minimum atomic E-state index is -0.782. The monoisotopic (exact) mass is 332 g/mol. The summed E-state index contributed by atoms with van der Waals surface area (Å²) in [7, 11) is 0. The third-order valence-corrected chi connectivity index (χ3v) is 8.60. The molecule has 0 unspecified atom stereocenters. The van der Waals surface area contributed by atoms with Crippen molar-refractivity contribution in [2.45, 2.75) is 82.5 Å². The molecule has 24 heavy (non-hydrogen) atoms. The van der Waals surface area contributed by atoms with E-state index in [2.05, 4.69) is 12.8 Å². The predicted octanol–water partition coefficient (Wildman–Crippen LogP) is 2.73. The quantitative estimate of drug-likeness (QED) is 0.647. The highest BCUT2D eigenvalue weighted by molar-refractivity contribution is 5.13. The fourth-order valence-corrected chi connectivity index (χ4v) is 7.37. The highest BCUT2D eigenvalue weighted by atomic mass is 16.3. The lowest BCUT2D eigenvalue weighted by Gasteiger charge is -2.61. The Morgan fingerprint density at radius 1 is 1.04 bits per heavy atom. The van der Waals surface area contributed by atoms with Gasteiger partial charge in [0.2, 0.25) is 0 Å². The Morgan fingerprint density at radius 2 is 1.79 bits per heavy atom. The van der Waals surface area contributed by atoms with Crippen LogP contribution < -0.4 is 0 Å². The second-order valence-electron chi connectivity index (χ2n) is 9.45. The van der Waals surface area contributed by atoms with E-state index < -0.39 is 5.60 Å². The van der Waals surface area contributed by atoms with Crippen LogP contribution in [0.2, 0.25) is 0 Å². The highest BCUT2D eigenvalue weighted by Crippen LogP contribution is 2.64. The zero-order chi connectivity index (χ0) is 17.1. The van der Waals surface area contributed by atoms with Crippen molar-refractivity contribution in [2.75, 3.05) is 0 Å². The average molecular weight is 332 g/mol. The molecule has 4 rings (SSSR count). The van der Waals surface area contributed by atoms with Gasteiger partial charge in [0.25, 0.3) is 0 Å². The van der Waals surface area contributed by atoms with Crippen molar-refractivity contribution in [3.8, 4) is 12.3 Å². The molecule has 0 radical (unpaired) electrons. The summed E-state index contributed by atoms with van der Waals surface area (Å²) in [6.45, 7) is 2.28. The zero-order valence-electron chi connectivity index (χ0n) is 14.8. The minimum absolute atomic E-state index is 0.0610. The van der Waals surface area contributed by atoms with E-state index in [1.807, 2.05) is 0 Å². The van der Waals surface area contributed by atoms with E-state index in [-0.39, 0.29) is 29.5 Å². The number of fused-ring (bicyclic) bond motifs is 5. The maximum atomic E-state index is 11.5. The molecule has 4 aliphatic rings. The SMILES string of the molecule is C#CC[C@@H]1C[C@@H]2[C@H](CC[C@]3(C)[C@@H](O)CC[C@@H]23)[C@H]2CC[C@H](O)C[C@]12O. The molecule has 4 fully saturated rings. The predicted molar refractivity (Wildman–Crippen MR) is 92.9 cm³/mol. The number of hydrogen-bond acceptors (Lipinski definition) is 3. The largest absolute Gasteiger partial charge is 0.393 e. The molecular formula is C21H32O3. The highest BCUT2D eigenvalue weighted by Gasteiger charge is 2.62. The van der Waals surface area contributed by atoms with Gasteiger partial charge in [-0.25, -0.2) is 0 Å². The van der Waals surface area contributed by atoms with Gasteiger partial charge in [-0.2, -0.15) is 0 Å². The molecule has 0 aromatic rings. The molecule has 0 saturated heterocycles. The summed E-state index contributed by atoms with van der Waals surface area (Å²) in [6, 6.07) is 0. The van der Waals surface area contributed by atoms with E-state index >= 15 is 0 Å². The fourth-order valence-electron chi connectivity index (χ4n) is 7.37. The number of terminal acetylenes is 1. The van der Waals surface area contributed by atoms with E-state index in [1.165, 1.54) is 0 Å². The molecule has 0 bridgehead atoms. The van der Waals surface area contributed by atoms with Crippen LogP contribution in [0.1, 0.15) is 64.7 Å². The van der Waals surface area contributed by atoms with Crippen LogP contribution in [0.25, 0.3) is 0 Å². The first kappa shape index (κ1) is 16.9. The van der Waals surface area contributed by atoms with E-state index in [9.17, 15) is 15.3 Å². The molecule has 0 spiro atoms. The normalized spacial score (nSPS) is 56.7. The van der Waals surface area contributed by atoms with Gasteiger partial charge in [0.1, 0.15) is 0 Å². The standard InChI is InChI=1S/C21H32O3/c1-3-4-13-11-16-15(18-6-5-14(22)12-21(13,18)24)9-10-20(2)17(16)7-8-19(20)23/h1,13-19,22-24H,4-12H2,2H3/t13-,14+,15+,16-,17+,18-,19+,20+,21+/m1/s1. The van der Waals surface area contributed by atoms with Gasteiger partial charge < -0.3 is 15.3 Å². The molecule has 0 aliphatic heterocycles. The number of aliphatic hydroxyl groups is 3. The van der Waals surface area contributed by atoms with E-state index in [0.717, 1.165) is 44.9 Å². The summed E-state index contributed by atoms with van der Waals surface area (Å²) >= 11 is 0. The summed E-state index contributed by atoms with van der Waals surface area (Å²) in [4.78, 5) is 0. The molecule has 0 heterocycles. The third kappa shape index (κ3) is 2.23. The second-order valence-corrected chi connectivity index (χ2v) is 9.45. The van der Waals surface area contributed by atoms with Gasteiger partial charge in [-0.15, -0.1) is 12.3 Å². The summed E-state index contributed by atoms with van der Waals surface area (Å²) in [5.41, 5.74) is -0.721. The van der Waals surface area contributed by atoms with Crippen LogP contribution in [0, 0.1) is 47.3 Å². The second kappa shape index (κ2) is 5.73. The molecule has 3 nitrogen and oxygen atoms in total. The first-order chi connectivity index (χ1) is 11.4. The molecule has 4 saturated carbocycles. The molecule has 9 atom stereocenters. The summed E-state index contributed by atoms with van der Waals surface area (Å²) in [5.74, 6) is 4.87. The van der Waals surface area contributed by atoms with Gasteiger partial charge in [0.05, 0.1) is 17.8 Å².